The van der Waals surface area contributed by atoms with Gasteiger partial charge in [-0.1, -0.05) is 51.0 Å². The van der Waals surface area contributed by atoms with Crippen LogP contribution in [0.25, 0.3) is 11.3 Å². The number of aromatic amines is 1. The van der Waals surface area contributed by atoms with E-state index in [-0.39, 0.29) is 5.69 Å². The largest absolute Gasteiger partial charge is 0.326 e. The fraction of sp³-hybridized carbons (Fsp3) is 0.500. The zero-order valence-corrected chi connectivity index (χ0v) is 13.4. The van der Waals surface area contributed by atoms with Crippen molar-refractivity contribution in [2.75, 3.05) is 0 Å². The van der Waals surface area contributed by atoms with Crippen LogP contribution >= 0.6 is 0 Å². The molecular weight excluding hydrogens is 260 g/mol. The summed E-state index contributed by atoms with van der Waals surface area (Å²) in [6.45, 7) is 7.12. The molecule has 2 rings (SSSR count). The fourth-order valence-corrected chi connectivity index (χ4v) is 2.70. The summed E-state index contributed by atoms with van der Waals surface area (Å²) in [5.41, 5.74) is 4.50. The van der Waals surface area contributed by atoms with E-state index in [0.29, 0.717) is 0 Å². The van der Waals surface area contributed by atoms with Crippen molar-refractivity contribution in [1.29, 1.82) is 0 Å². The van der Waals surface area contributed by atoms with Gasteiger partial charge in [0.2, 0.25) is 0 Å². The molecular formula is C18H26N2O. The molecule has 0 unspecified atom stereocenters. The molecule has 1 aromatic heterocycles. The third-order valence-electron chi connectivity index (χ3n) is 3.95. The zero-order chi connectivity index (χ0) is 15.2. The Balaban J connectivity index is 2.30. The number of hydrogen-bond donors (Lipinski definition) is 1. The molecule has 2 aromatic rings. The minimum atomic E-state index is 0.00556. The lowest BCUT2D eigenvalue weighted by molar-refractivity contribution is 0.619. The van der Waals surface area contributed by atoms with E-state index in [0.717, 1.165) is 42.8 Å². The van der Waals surface area contributed by atoms with Crippen LogP contribution < -0.4 is 5.69 Å². The van der Waals surface area contributed by atoms with Gasteiger partial charge < -0.3 is 4.98 Å². The molecule has 0 amide bonds. The zero-order valence-electron chi connectivity index (χ0n) is 13.4. The molecule has 3 nitrogen and oxygen atoms in total. The average Bonchev–Trinajstić information content (AvgIpc) is 2.77. The molecule has 0 saturated heterocycles. The number of benzene rings is 1. The summed E-state index contributed by atoms with van der Waals surface area (Å²) in [4.78, 5) is 15.0. The number of rotatable bonds is 7. The highest BCUT2D eigenvalue weighted by atomic mass is 16.1. The maximum Gasteiger partial charge on any atom is 0.326 e. The summed E-state index contributed by atoms with van der Waals surface area (Å²) in [7, 11) is 0. The fourth-order valence-electron chi connectivity index (χ4n) is 2.70. The standard InChI is InChI=1S/C18H26N2O/c1-4-6-8-15-9-11-16(12-10-15)17-14(3)19-18(21)20(17)13-7-5-2/h9-12H,4-8,13H2,1-3H3,(H,19,21). The summed E-state index contributed by atoms with van der Waals surface area (Å²) in [5, 5.41) is 0. The van der Waals surface area contributed by atoms with Crippen molar-refractivity contribution in [3.05, 3.63) is 46.0 Å². The first-order valence-corrected chi connectivity index (χ1v) is 8.06. The van der Waals surface area contributed by atoms with E-state index >= 15 is 0 Å². The number of H-pyrrole nitrogens is 1. The Labute approximate surface area is 127 Å². The average molecular weight is 286 g/mol. The Bertz CT molecular complexity index is 620. The van der Waals surface area contributed by atoms with Crippen molar-refractivity contribution < 1.29 is 0 Å². The van der Waals surface area contributed by atoms with Gasteiger partial charge >= 0.3 is 5.69 Å². The van der Waals surface area contributed by atoms with Gasteiger partial charge in [0.25, 0.3) is 0 Å². The second kappa shape index (κ2) is 7.30. The van der Waals surface area contributed by atoms with Crippen LogP contribution in [0.3, 0.4) is 0 Å². The predicted octanol–water partition coefficient (Wildman–Crippen LogP) is 4.29. The highest BCUT2D eigenvalue weighted by Crippen LogP contribution is 2.22. The maximum absolute atomic E-state index is 12.1. The van der Waals surface area contributed by atoms with Crippen LogP contribution in [-0.4, -0.2) is 9.55 Å². The second-order valence-corrected chi connectivity index (χ2v) is 5.71. The first kappa shape index (κ1) is 15.6. The Morgan fingerprint density at radius 3 is 2.33 bits per heavy atom. The highest BCUT2D eigenvalue weighted by molar-refractivity contribution is 5.62. The summed E-state index contributed by atoms with van der Waals surface area (Å²) in [6.07, 6.45) is 5.69. The molecule has 21 heavy (non-hydrogen) atoms. The van der Waals surface area contributed by atoms with Crippen LogP contribution in [0.1, 0.15) is 50.8 Å². The van der Waals surface area contributed by atoms with Crippen LogP contribution in [0.4, 0.5) is 0 Å². The molecule has 0 saturated carbocycles. The van der Waals surface area contributed by atoms with Gasteiger partial charge in [0.05, 0.1) is 5.69 Å². The number of nitrogens with zero attached hydrogens (tertiary/aromatic N) is 1. The number of unbranched alkanes of at least 4 members (excludes halogenated alkanes) is 2. The molecule has 0 fully saturated rings. The van der Waals surface area contributed by atoms with Crippen molar-refractivity contribution in [2.45, 2.75) is 59.4 Å². The molecule has 0 aliphatic rings. The van der Waals surface area contributed by atoms with Crippen LogP contribution in [-0.2, 0) is 13.0 Å². The third kappa shape index (κ3) is 3.66. The van der Waals surface area contributed by atoms with Crippen LogP contribution in [0, 0.1) is 6.92 Å². The SMILES string of the molecule is CCCCc1ccc(-c2c(C)[nH]c(=O)n2CCCC)cc1. The third-order valence-corrected chi connectivity index (χ3v) is 3.95. The van der Waals surface area contributed by atoms with E-state index in [2.05, 4.69) is 43.1 Å². The molecule has 114 valence electrons. The summed E-state index contributed by atoms with van der Waals surface area (Å²) in [5.74, 6) is 0. The van der Waals surface area contributed by atoms with E-state index in [1.54, 1.807) is 0 Å². The van der Waals surface area contributed by atoms with Crippen LogP contribution in [0.5, 0.6) is 0 Å². The smallest absolute Gasteiger partial charge is 0.309 e. The van der Waals surface area contributed by atoms with E-state index < -0.39 is 0 Å². The van der Waals surface area contributed by atoms with Crippen molar-refractivity contribution in [2.24, 2.45) is 0 Å². The van der Waals surface area contributed by atoms with E-state index in [1.807, 2.05) is 11.5 Å². The van der Waals surface area contributed by atoms with Crippen LogP contribution in [0.2, 0.25) is 0 Å². The lowest BCUT2D eigenvalue weighted by atomic mass is 10.0. The number of nitrogens with one attached hydrogen (secondary N) is 1. The maximum atomic E-state index is 12.1. The number of imidazole rings is 1. The van der Waals surface area contributed by atoms with E-state index in [9.17, 15) is 4.79 Å². The number of aryl methyl sites for hydroxylation is 2. The molecule has 0 radical (unpaired) electrons. The van der Waals surface area contributed by atoms with Gasteiger partial charge in [-0.2, -0.15) is 0 Å². The first-order chi connectivity index (χ1) is 10.2. The molecule has 1 N–H and O–H groups in total. The van der Waals surface area contributed by atoms with Gasteiger partial charge in [-0.25, -0.2) is 4.79 Å². The molecule has 0 atom stereocenters. The summed E-state index contributed by atoms with van der Waals surface area (Å²) < 4.78 is 1.87. The lowest BCUT2D eigenvalue weighted by Gasteiger charge is -2.09. The van der Waals surface area contributed by atoms with Crippen molar-refractivity contribution in [3.8, 4) is 11.3 Å². The Morgan fingerprint density at radius 1 is 1.05 bits per heavy atom. The van der Waals surface area contributed by atoms with Gasteiger partial charge in [-0.15, -0.1) is 0 Å². The molecule has 0 aliphatic heterocycles. The van der Waals surface area contributed by atoms with Crippen LogP contribution in [0.15, 0.2) is 29.1 Å². The van der Waals surface area contributed by atoms with Gasteiger partial charge in [0.1, 0.15) is 0 Å². The van der Waals surface area contributed by atoms with Crippen molar-refractivity contribution in [1.82, 2.24) is 9.55 Å². The molecule has 1 heterocycles. The quantitative estimate of drug-likeness (QED) is 0.810. The van der Waals surface area contributed by atoms with E-state index in [1.165, 1.54) is 18.4 Å². The molecule has 0 bridgehead atoms. The molecule has 1 aromatic carbocycles. The van der Waals surface area contributed by atoms with E-state index in [4.69, 9.17) is 0 Å². The Kier molecular flexibility index (Phi) is 5.43. The minimum Gasteiger partial charge on any atom is -0.309 e. The normalized spacial score (nSPS) is 11.0. The van der Waals surface area contributed by atoms with Crippen molar-refractivity contribution >= 4 is 0 Å². The first-order valence-electron chi connectivity index (χ1n) is 8.06. The lowest BCUT2D eigenvalue weighted by Crippen LogP contribution is -2.17. The molecule has 0 aliphatic carbocycles. The van der Waals surface area contributed by atoms with Gasteiger partial charge in [-0.3, -0.25) is 4.57 Å². The number of aromatic nitrogens is 2. The Hall–Kier alpha value is -1.77. The van der Waals surface area contributed by atoms with Gasteiger partial charge in [-0.05, 0) is 31.7 Å². The highest BCUT2D eigenvalue weighted by Gasteiger charge is 2.12. The number of hydrogen-bond acceptors (Lipinski definition) is 1. The van der Waals surface area contributed by atoms with Gasteiger partial charge in [0, 0.05) is 17.8 Å². The second-order valence-electron chi connectivity index (χ2n) is 5.71. The minimum absolute atomic E-state index is 0.00556. The topological polar surface area (TPSA) is 37.8 Å². The summed E-state index contributed by atoms with van der Waals surface area (Å²) >= 11 is 0. The van der Waals surface area contributed by atoms with Gasteiger partial charge in [0.15, 0.2) is 0 Å². The van der Waals surface area contributed by atoms with Crippen molar-refractivity contribution in [3.63, 3.8) is 0 Å². The molecule has 3 heteroatoms. The predicted molar refractivity (Wildman–Crippen MR) is 88.7 cm³/mol. The Morgan fingerprint density at radius 2 is 1.71 bits per heavy atom. The molecule has 0 spiro atoms. The summed E-state index contributed by atoms with van der Waals surface area (Å²) in [6, 6.07) is 8.66. The monoisotopic (exact) mass is 286 g/mol.